The Hall–Kier alpha value is -2.18. The molecule has 1 atom stereocenters. The minimum Gasteiger partial charge on any atom is -0.297 e. The summed E-state index contributed by atoms with van der Waals surface area (Å²) in [5.74, 6) is -0.594. The highest BCUT2D eigenvalue weighted by molar-refractivity contribution is 7.10. The fourth-order valence-corrected chi connectivity index (χ4v) is 2.71. The molecular weight excluding hydrogens is 286 g/mol. The van der Waals surface area contributed by atoms with Crippen molar-refractivity contribution in [2.75, 3.05) is 6.54 Å². The molecule has 21 heavy (non-hydrogen) atoms. The Morgan fingerprint density at radius 2 is 1.86 bits per heavy atom. The van der Waals surface area contributed by atoms with E-state index in [1.807, 2.05) is 47.8 Å². The van der Waals surface area contributed by atoms with Crippen molar-refractivity contribution in [2.24, 2.45) is 0 Å². The van der Waals surface area contributed by atoms with Gasteiger partial charge in [0.05, 0.1) is 12.6 Å². The summed E-state index contributed by atoms with van der Waals surface area (Å²) >= 11 is 1.63. The van der Waals surface area contributed by atoms with Gasteiger partial charge >= 0.3 is 0 Å². The number of hydrogen-bond acceptors (Lipinski definition) is 4. The molecule has 0 saturated carbocycles. The molecule has 0 radical (unpaired) electrons. The Morgan fingerprint density at radius 1 is 1.10 bits per heavy atom. The second-order valence-corrected chi connectivity index (χ2v) is 5.45. The van der Waals surface area contributed by atoms with E-state index in [2.05, 4.69) is 16.2 Å². The molecule has 6 heteroatoms. The van der Waals surface area contributed by atoms with Crippen LogP contribution in [0, 0.1) is 0 Å². The van der Waals surface area contributed by atoms with Crippen LogP contribution in [0.25, 0.3) is 0 Å². The number of hydrogen-bond donors (Lipinski definition) is 3. The van der Waals surface area contributed by atoms with Crippen molar-refractivity contribution in [3.05, 3.63) is 58.3 Å². The summed E-state index contributed by atoms with van der Waals surface area (Å²) < 4.78 is 0. The number of amides is 2. The number of hydrazine groups is 1. The molecule has 0 fully saturated rings. The Morgan fingerprint density at radius 3 is 2.48 bits per heavy atom. The molecule has 0 bridgehead atoms. The lowest BCUT2D eigenvalue weighted by atomic mass is 10.1. The van der Waals surface area contributed by atoms with Crippen molar-refractivity contribution in [1.29, 1.82) is 0 Å². The van der Waals surface area contributed by atoms with Crippen molar-refractivity contribution < 1.29 is 9.59 Å². The molecule has 2 aromatic rings. The van der Waals surface area contributed by atoms with E-state index in [-0.39, 0.29) is 24.4 Å². The average molecular weight is 303 g/mol. The van der Waals surface area contributed by atoms with Gasteiger partial charge in [-0.2, -0.15) is 0 Å². The minimum atomic E-state index is -0.304. The smallest absolute Gasteiger partial charge is 0.252 e. The summed E-state index contributed by atoms with van der Waals surface area (Å²) in [7, 11) is 0. The maximum atomic E-state index is 11.7. The molecule has 1 aromatic heterocycles. The van der Waals surface area contributed by atoms with Crippen molar-refractivity contribution in [1.82, 2.24) is 16.2 Å². The number of thiophene rings is 1. The van der Waals surface area contributed by atoms with Crippen LogP contribution in [0.4, 0.5) is 0 Å². The van der Waals surface area contributed by atoms with Crippen molar-refractivity contribution >= 4 is 23.2 Å². The van der Waals surface area contributed by atoms with Gasteiger partial charge in [-0.1, -0.05) is 36.4 Å². The van der Waals surface area contributed by atoms with E-state index in [9.17, 15) is 9.59 Å². The van der Waals surface area contributed by atoms with Gasteiger partial charge in [0.25, 0.3) is 5.91 Å². The van der Waals surface area contributed by atoms with Gasteiger partial charge in [-0.05, 0) is 17.0 Å². The quantitative estimate of drug-likeness (QED) is 0.735. The zero-order chi connectivity index (χ0) is 15.1. The van der Waals surface area contributed by atoms with Crippen LogP contribution in [0.2, 0.25) is 0 Å². The van der Waals surface area contributed by atoms with Crippen LogP contribution in [0.5, 0.6) is 0 Å². The number of nitrogens with one attached hydrogen (secondary N) is 3. The predicted octanol–water partition coefficient (Wildman–Crippen LogP) is 1.59. The summed E-state index contributed by atoms with van der Waals surface area (Å²) in [6.45, 7) is 1.45. The lowest BCUT2D eigenvalue weighted by molar-refractivity contribution is -0.127. The van der Waals surface area contributed by atoms with Crippen LogP contribution >= 0.6 is 11.3 Å². The SMILES string of the molecule is CC(=O)NNC(=O)CN[C@H](c1ccccc1)c1cccs1. The van der Waals surface area contributed by atoms with Crippen LogP contribution in [-0.2, 0) is 9.59 Å². The normalized spacial score (nSPS) is 11.7. The summed E-state index contributed by atoms with van der Waals surface area (Å²) in [5, 5.41) is 5.21. The van der Waals surface area contributed by atoms with Gasteiger partial charge in [0.2, 0.25) is 5.91 Å². The van der Waals surface area contributed by atoms with E-state index in [1.54, 1.807) is 11.3 Å². The van der Waals surface area contributed by atoms with Crippen molar-refractivity contribution in [2.45, 2.75) is 13.0 Å². The van der Waals surface area contributed by atoms with Gasteiger partial charge in [0.15, 0.2) is 0 Å². The third kappa shape index (κ3) is 4.70. The van der Waals surface area contributed by atoms with Gasteiger partial charge in [-0.25, -0.2) is 0 Å². The fourth-order valence-electron chi connectivity index (χ4n) is 1.88. The maximum absolute atomic E-state index is 11.7. The zero-order valence-corrected chi connectivity index (χ0v) is 12.4. The molecule has 2 amide bonds. The third-order valence-corrected chi connectivity index (χ3v) is 3.74. The van der Waals surface area contributed by atoms with Crippen LogP contribution in [0.3, 0.4) is 0 Å². The van der Waals surface area contributed by atoms with Crippen LogP contribution in [0.1, 0.15) is 23.4 Å². The third-order valence-electron chi connectivity index (χ3n) is 2.81. The standard InChI is InChI=1S/C15H17N3O2S/c1-11(19)17-18-14(20)10-16-15(13-8-5-9-21-13)12-6-3-2-4-7-12/h2-9,15-16H,10H2,1H3,(H,17,19)(H,18,20)/t15-/m1/s1. The van der Waals surface area contributed by atoms with Crippen molar-refractivity contribution in [3.8, 4) is 0 Å². The number of carbonyl (C=O) groups excluding carboxylic acids is 2. The highest BCUT2D eigenvalue weighted by Gasteiger charge is 2.15. The molecular formula is C15H17N3O2S. The number of carbonyl (C=O) groups is 2. The Kier molecular flexibility index (Phi) is 5.48. The highest BCUT2D eigenvalue weighted by Crippen LogP contribution is 2.25. The van der Waals surface area contributed by atoms with Gasteiger partial charge in [-0.3, -0.25) is 25.8 Å². The Balaban J connectivity index is 2.01. The minimum absolute atomic E-state index is 0.0470. The van der Waals surface area contributed by atoms with Gasteiger partial charge in [-0.15, -0.1) is 11.3 Å². The molecule has 5 nitrogen and oxygen atoms in total. The first-order valence-corrected chi connectivity index (χ1v) is 7.42. The molecule has 3 N–H and O–H groups in total. The van der Waals surface area contributed by atoms with Crippen LogP contribution in [0.15, 0.2) is 47.8 Å². The predicted molar refractivity (Wildman–Crippen MR) is 82.6 cm³/mol. The molecule has 0 aliphatic rings. The number of benzene rings is 1. The van der Waals surface area contributed by atoms with E-state index in [0.717, 1.165) is 10.4 Å². The summed E-state index contributed by atoms with van der Waals surface area (Å²) in [5.41, 5.74) is 5.69. The van der Waals surface area contributed by atoms with E-state index in [0.29, 0.717) is 0 Å². The molecule has 0 saturated heterocycles. The molecule has 2 rings (SSSR count). The largest absolute Gasteiger partial charge is 0.297 e. The lowest BCUT2D eigenvalue weighted by Gasteiger charge is -2.18. The van der Waals surface area contributed by atoms with E-state index in [1.165, 1.54) is 6.92 Å². The molecule has 0 unspecified atom stereocenters. The first kappa shape index (κ1) is 15.2. The first-order valence-electron chi connectivity index (χ1n) is 6.54. The van der Waals surface area contributed by atoms with E-state index >= 15 is 0 Å². The topological polar surface area (TPSA) is 70.2 Å². The molecule has 110 valence electrons. The monoisotopic (exact) mass is 303 g/mol. The highest BCUT2D eigenvalue weighted by atomic mass is 32.1. The molecule has 1 aromatic carbocycles. The summed E-state index contributed by atoms with van der Waals surface area (Å²) in [6, 6.07) is 13.9. The second-order valence-electron chi connectivity index (χ2n) is 4.47. The number of rotatable bonds is 5. The van der Waals surface area contributed by atoms with Crippen LogP contribution in [-0.4, -0.2) is 18.4 Å². The van der Waals surface area contributed by atoms with Gasteiger partial charge in [0, 0.05) is 11.8 Å². The summed E-state index contributed by atoms with van der Waals surface area (Å²) in [4.78, 5) is 23.6. The fraction of sp³-hybridized carbons (Fsp3) is 0.200. The molecule has 0 aliphatic carbocycles. The first-order chi connectivity index (χ1) is 10.2. The van der Waals surface area contributed by atoms with Gasteiger partial charge < -0.3 is 0 Å². The Labute approximate surface area is 127 Å². The summed E-state index contributed by atoms with van der Waals surface area (Å²) in [6.07, 6.45) is 0. The maximum Gasteiger partial charge on any atom is 0.252 e. The van der Waals surface area contributed by atoms with E-state index < -0.39 is 0 Å². The second kappa shape index (κ2) is 7.56. The lowest BCUT2D eigenvalue weighted by Crippen LogP contribution is -2.45. The van der Waals surface area contributed by atoms with Crippen LogP contribution < -0.4 is 16.2 Å². The average Bonchev–Trinajstić information content (AvgIpc) is 3.00. The van der Waals surface area contributed by atoms with Gasteiger partial charge in [0.1, 0.15) is 0 Å². The molecule has 1 heterocycles. The van der Waals surface area contributed by atoms with E-state index in [4.69, 9.17) is 0 Å². The van der Waals surface area contributed by atoms with Crippen molar-refractivity contribution in [3.63, 3.8) is 0 Å². The molecule has 0 aliphatic heterocycles. The Bertz CT molecular complexity index is 584. The zero-order valence-electron chi connectivity index (χ0n) is 11.6. The molecule has 0 spiro atoms.